The smallest absolute Gasteiger partial charge is 0.241 e. The molecule has 0 radical (unpaired) electrons. The minimum Gasteiger partial charge on any atom is -0.324 e. The first-order valence-corrected chi connectivity index (χ1v) is 7.76. The van der Waals surface area contributed by atoms with Gasteiger partial charge in [0.15, 0.2) is 0 Å². The van der Waals surface area contributed by atoms with Crippen molar-refractivity contribution in [1.29, 1.82) is 0 Å². The van der Waals surface area contributed by atoms with E-state index in [-0.39, 0.29) is 11.9 Å². The lowest BCUT2D eigenvalue weighted by molar-refractivity contribution is -0.118. The van der Waals surface area contributed by atoms with Crippen molar-refractivity contribution in [2.75, 3.05) is 11.9 Å². The third kappa shape index (κ3) is 2.72. The van der Waals surface area contributed by atoms with Gasteiger partial charge in [-0.3, -0.25) is 4.79 Å². The van der Waals surface area contributed by atoms with Gasteiger partial charge in [-0.15, -0.1) is 0 Å². The number of rotatable bonds is 2. The zero-order valence-electron chi connectivity index (χ0n) is 11.2. The fourth-order valence-corrected chi connectivity index (χ4v) is 3.14. The van der Waals surface area contributed by atoms with Gasteiger partial charge in [0.1, 0.15) is 0 Å². The summed E-state index contributed by atoms with van der Waals surface area (Å²) in [4.78, 5) is 12.3. The number of carbonyl (C=O) groups is 1. The summed E-state index contributed by atoms with van der Waals surface area (Å²) in [5.74, 6) is 0.0668. The zero-order chi connectivity index (χ0) is 13.9. The molecule has 1 aliphatic rings. The van der Waals surface area contributed by atoms with Gasteiger partial charge >= 0.3 is 0 Å². The molecule has 3 nitrogen and oxygen atoms in total. The van der Waals surface area contributed by atoms with Crippen molar-refractivity contribution in [2.45, 2.75) is 25.3 Å². The Balaban J connectivity index is 1.87. The van der Waals surface area contributed by atoms with Crippen LogP contribution in [0.4, 0.5) is 5.69 Å². The Kier molecular flexibility index (Phi) is 4.03. The van der Waals surface area contributed by atoms with Gasteiger partial charge in [0, 0.05) is 15.5 Å². The second-order valence-electron chi connectivity index (χ2n) is 5.13. The minimum atomic E-state index is -0.0637. The quantitative estimate of drug-likeness (QED) is 0.880. The number of fused-ring (bicyclic) bond motifs is 1. The number of amides is 1. The number of benzene rings is 2. The molecular weight excluding hydrogens is 316 g/mol. The molecule has 1 amide bonds. The van der Waals surface area contributed by atoms with Gasteiger partial charge in [-0.1, -0.05) is 46.6 Å². The second kappa shape index (κ2) is 5.94. The molecule has 2 aromatic carbocycles. The molecule has 1 heterocycles. The summed E-state index contributed by atoms with van der Waals surface area (Å²) in [6, 6.07) is 11.9. The van der Waals surface area contributed by atoms with Crippen molar-refractivity contribution >= 4 is 38.3 Å². The summed E-state index contributed by atoms with van der Waals surface area (Å²) < 4.78 is 1.04. The zero-order valence-corrected chi connectivity index (χ0v) is 12.7. The molecule has 0 spiro atoms. The molecule has 1 fully saturated rings. The van der Waals surface area contributed by atoms with Crippen molar-refractivity contribution in [2.24, 2.45) is 0 Å². The molecule has 2 aromatic rings. The van der Waals surface area contributed by atoms with Gasteiger partial charge in [-0.2, -0.15) is 0 Å². The first-order valence-electron chi connectivity index (χ1n) is 6.97. The Labute approximate surface area is 126 Å². The molecule has 1 saturated heterocycles. The van der Waals surface area contributed by atoms with E-state index in [4.69, 9.17) is 0 Å². The molecule has 3 rings (SSSR count). The molecule has 1 atom stereocenters. The van der Waals surface area contributed by atoms with Gasteiger partial charge in [-0.05, 0) is 36.9 Å². The number of hydrogen-bond donors (Lipinski definition) is 2. The number of piperidine rings is 1. The summed E-state index contributed by atoms with van der Waals surface area (Å²) in [6.45, 7) is 0.930. The van der Waals surface area contributed by atoms with E-state index in [1.807, 2.05) is 36.4 Å². The molecular formula is C16H17BrN2O. The molecule has 20 heavy (non-hydrogen) atoms. The van der Waals surface area contributed by atoms with E-state index in [1.165, 1.54) is 0 Å². The highest BCUT2D eigenvalue weighted by Crippen LogP contribution is 2.30. The van der Waals surface area contributed by atoms with Crippen LogP contribution in [-0.2, 0) is 4.79 Å². The number of hydrogen-bond acceptors (Lipinski definition) is 2. The van der Waals surface area contributed by atoms with Gasteiger partial charge < -0.3 is 10.6 Å². The number of nitrogens with one attached hydrogen (secondary N) is 2. The SMILES string of the molecule is O=C(Nc1ccc(Br)c2ccccc12)[C@@H]1CCCCN1. The maximum atomic E-state index is 12.3. The lowest BCUT2D eigenvalue weighted by Gasteiger charge is -2.23. The van der Waals surface area contributed by atoms with E-state index in [9.17, 15) is 4.79 Å². The lowest BCUT2D eigenvalue weighted by Crippen LogP contribution is -2.43. The van der Waals surface area contributed by atoms with Crippen LogP contribution in [-0.4, -0.2) is 18.5 Å². The standard InChI is InChI=1S/C16H17BrN2O/c17-13-8-9-14(12-6-2-1-5-11(12)13)19-16(20)15-7-3-4-10-18-15/h1-2,5-6,8-9,15,18H,3-4,7,10H2,(H,19,20)/t15-/m0/s1. The Hall–Kier alpha value is -1.39. The minimum absolute atomic E-state index is 0.0637. The van der Waals surface area contributed by atoms with Crippen LogP contribution in [0.5, 0.6) is 0 Å². The summed E-state index contributed by atoms with van der Waals surface area (Å²) in [7, 11) is 0. The molecule has 104 valence electrons. The normalized spacial score (nSPS) is 18.9. The van der Waals surface area contributed by atoms with E-state index in [0.717, 1.165) is 46.7 Å². The van der Waals surface area contributed by atoms with Crippen LogP contribution in [0.25, 0.3) is 10.8 Å². The van der Waals surface area contributed by atoms with Crippen LogP contribution >= 0.6 is 15.9 Å². The number of halogens is 1. The maximum Gasteiger partial charge on any atom is 0.241 e. The molecule has 1 aliphatic heterocycles. The topological polar surface area (TPSA) is 41.1 Å². The van der Waals surface area contributed by atoms with Crippen LogP contribution in [0, 0.1) is 0 Å². The average molecular weight is 333 g/mol. The van der Waals surface area contributed by atoms with Crippen molar-refractivity contribution in [3.63, 3.8) is 0 Å². The fourth-order valence-electron chi connectivity index (χ4n) is 2.67. The fraction of sp³-hybridized carbons (Fsp3) is 0.312. The van der Waals surface area contributed by atoms with Gasteiger partial charge in [-0.25, -0.2) is 0 Å². The summed E-state index contributed by atoms with van der Waals surface area (Å²) in [6.07, 6.45) is 3.19. The monoisotopic (exact) mass is 332 g/mol. The van der Waals surface area contributed by atoms with E-state index >= 15 is 0 Å². The molecule has 0 aromatic heterocycles. The van der Waals surface area contributed by atoms with Crippen molar-refractivity contribution in [1.82, 2.24) is 5.32 Å². The summed E-state index contributed by atoms with van der Waals surface area (Å²) >= 11 is 3.55. The first kappa shape index (κ1) is 13.6. The van der Waals surface area contributed by atoms with Gasteiger partial charge in [0.25, 0.3) is 0 Å². The predicted octanol–water partition coefficient (Wildman–Crippen LogP) is 3.68. The molecule has 4 heteroatoms. The van der Waals surface area contributed by atoms with E-state index in [0.29, 0.717) is 0 Å². The van der Waals surface area contributed by atoms with Crippen LogP contribution in [0.1, 0.15) is 19.3 Å². The predicted molar refractivity (Wildman–Crippen MR) is 85.9 cm³/mol. The van der Waals surface area contributed by atoms with E-state index in [1.54, 1.807) is 0 Å². The Morgan fingerprint density at radius 1 is 1.15 bits per heavy atom. The van der Waals surface area contributed by atoms with Crippen molar-refractivity contribution in [3.8, 4) is 0 Å². The molecule has 0 aliphatic carbocycles. The third-order valence-corrected chi connectivity index (χ3v) is 4.45. The average Bonchev–Trinajstić information content (AvgIpc) is 2.51. The van der Waals surface area contributed by atoms with Crippen LogP contribution in [0.2, 0.25) is 0 Å². The van der Waals surface area contributed by atoms with Gasteiger partial charge in [0.05, 0.1) is 6.04 Å². The van der Waals surface area contributed by atoms with E-state index < -0.39 is 0 Å². The highest BCUT2D eigenvalue weighted by atomic mass is 79.9. The highest BCUT2D eigenvalue weighted by Gasteiger charge is 2.20. The Morgan fingerprint density at radius 2 is 1.95 bits per heavy atom. The summed E-state index contributed by atoms with van der Waals surface area (Å²) in [5.41, 5.74) is 0.876. The van der Waals surface area contributed by atoms with Crippen molar-refractivity contribution in [3.05, 3.63) is 40.9 Å². The number of carbonyl (C=O) groups excluding carboxylic acids is 1. The molecule has 2 N–H and O–H groups in total. The second-order valence-corrected chi connectivity index (χ2v) is 5.99. The van der Waals surface area contributed by atoms with E-state index in [2.05, 4.69) is 26.6 Å². The third-order valence-electron chi connectivity index (χ3n) is 3.76. The van der Waals surface area contributed by atoms with Crippen LogP contribution < -0.4 is 10.6 Å². The Bertz CT molecular complexity index is 635. The largest absolute Gasteiger partial charge is 0.324 e. The van der Waals surface area contributed by atoms with Crippen molar-refractivity contribution < 1.29 is 4.79 Å². The first-order chi connectivity index (χ1) is 9.75. The van der Waals surface area contributed by atoms with Crippen LogP contribution in [0.3, 0.4) is 0 Å². The highest BCUT2D eigenvalue weighted by molar-refractivity contribution is 9.10. The lowest BCUT2D eigenvalue weighted by atomic mass is 10.0. The Morgan fingerprint density at radius 3 is 2.70 bits per heavy atom. The molecule has 0 unspecified atom stereocenters. The van der Waals surface area contributed by atoms with Crippen LogP contribution in [0.15, 0.2) is 40.9 Å². The molecule has 0 bridgehead atoms. The molecule has 0 saturated carbocycles. The maximum absolute atomic E-state index is 12.3. The summed E-state index contributed by atoms with van der Waals surface area (Å²) in [5, 5.41) is 8.51. The van der Waals surface area contributed by atoms with Gasteiger partial charge in [0.2, 0.25) is 5.91 Å². The number of anilines is 1.